The van der Waals surface area contributed by atoms with Gasteiger partial charge in [-0.1, -0.05) is 5.21 Å². The molecule has 0 bridgehead atoms. The molecule has 3 rings (SSSR count). The van der Waals surface area contributed by atoms with Crippen LogP contribution < -0.4 is 10.1 Å². The van der Waals surface area contributed by atoms with Crippen LogP contribution in [0, 0.1) is 0 Å². The molecule has 3 aromatic rings. The topological polar surface area (TPSA) is 82.2 Å². The van der Waals surface area contributed by atoms with Gasteiger partial charge in [0.1, 0.15) is 11.5 Å². The quantitative estimate of drug-likeness (QED) is 0.672. The molecular weight excluding hydrogens is 308 g/mol. The zero-order valence-electron chi connectivity index (χ0n) is 13.5. The maximum Gasteiger partial charge on any atom is 0.183 e. The molecule has 124 valence electrons. The number of Topliss-reactive ketones (excluding diaryl/α,β-unsaturated/α-hetero) is 1. The Balaban J connectivity index is 1.84. The summed E-state index contributed by atoms with van der Waals surface area (Å²) < 4.78 is 12.1. The van der Waals surface area contributed by atoms with Crippen molar-refractivity contribution in [3.63, 3.8) is 0 Å². The minimum absolute atomic E-state index is 0.143. The number of aromatic nitrogens is 3. The van der Waals surface area contributed by atoms with Crippen molar-refractivity contribution in [3.05, 3.63) is 54.1 Å². The molecule has 0 radical (unpaired) electrons. The van der Waals surface area contributed by atoms with Gasteiger partial charge in [-0.05, 0) is 36.4 Å². The highest BCUT2D eigenvalue weighted by molar-refractivity contribution is 5.96. The van der Waals surface area contributed by atoms with Gasteiger partial charge in [0.05, 0.1) is 19.1 Å². The predicted octanol–water partition coefficient (Wildman–Crippen LogP) is 2.73. The molecule has 7 nitrogen and oxygen atoms in total. The monoisotopic (exact) mass is 326 g/mol. The number of benzene rings is 1. The van der Waals surface area contributed by atoms with Crippen molar-refractivity contribution in [1.29, 1.82) is 0 Å². The van der Waals surface area contributed by atoms with Gasteiger partial charge in [0.15, 0.2) is 17.3 Å². The Hall–Kier alpha value is -3.09. The summed E-state index contributed by atoms with van der Waals surface area (Å²) in [7, 11) is 1.61. The first kappa shape index (κ1) is 15.8. The largest absolute Gasteiger partial charge is 0.497 e. The molecule has 1 N–H and O–H groups in total. The van der Waals surface area contributed by atoms with Crippen molar-refractivity contribution >= 4 is 11.6 Å². The molecule has 2 heterocycles. The Morgan fingerprint density at radius 1 is 1.29 bits per heavy atom. The smallest absolute Gasteiger partial charge is 0.183 e. The predicted molar refractivity (Wildman–Crippen MR) is 88.8 cm³/mol. The third-order valence-corrected chi connectivity index (χ3v) is 3.56. The van der Waals surface area contributed by atoms with E-state index in [0.717, 1.165) is 17.2 Å². The van der Waals surface area contributed by atoms with E-state index in [9.17, 15) is 4.79 Å². The lowest BCUT2D eigenvalue weighted by Crippen LogP contribution is -2.12. The minimum Gasteiger partial charge on any atom is -0.497 e. The van der Waals surface area contributed by atoms with Crippen molar-refractivity contribution in [3.8, 4) is 11.4 Å². The zero-order valence-corrected chi connectivity index (χ0v) is 13.5. The first-order valence-electron chi connectivity index (χ1n) is 7.56. The fraction of sp³-hybridized carbons (Fsp3) is 0.235. The number of ether oxygens (including phenoxy) is 1. The summed E-state index contributed by atoms with van der Waals surface area (Å²) in [5.41, 5.74) is 1.10. The van der Waals surface area contributed by atoms with Crippen LogP contribution in [-0.4, -0.2) is 34.4 Å². The lowest BCUT2D eigenvalue weighted by Gasteiger charge is -2.10. The van der Waals surface area contributed by atoms with Gasteiger partial charge in [-0.3, -0.25) is 4.79 Å². The maximum atomic E-state index is 11.8. The van der Waals surface area contributed by atoms with Crippen LogP contribution in [0.15, 0.2) is 47.1 Å². The summed E-state index contributed by atoms with van der Waals surface area (Å²) in [6.45, 7) is 2.07. The Labute approximate surface area is 139 Å². The Morgan fingerprint density at radius 3 is 2.71 bits per heavy atom. The SMILES string of the molecule is COc1ccc(-n2nnc(C(C)=O)c2NCCc2ccco2)cc1. The summed E-state index contributed by atoms with van der Waals surface area (Å²) >= 11 is 0. The van der Waals surface area contributed by atoms with E-state index in [-0.39, 0.29) is 5.78 Å². The van der Waals surface area contributed by atoms with Gasteiger partial charge >= 0.3 is 0 Å². The number of hydrogen-bond donors (Lipinski definition) is 1. The van der Waals surface area contributed by atoms with Crippen LogP contribution in [-0.2, 0) is 6.42 Å². The van der Waals surface area contributed by atoms with Gasteiger partial charge < -0.3 is 14.5 Å². The molecule has 0 saturated heterocycles. The molecule has 0 amide bonds. The number of carbonyl (C=O) groups is 1. The van der Waals surface area contributed by atoms with Crippen molar-refractivity contribution in [2.75, 3.05) is 19.0 Å². The van der Waals surface area contributed by atoms with E-state index in [1.54, 1.807) is 18.1 Å². The van der Waals surface area contributed by atoms with E-state index >= 15 is 0 Å². The highest BCUT2D eigenvalue weighted by Gasteiger charge is 2.17. The number of furan rings is 1. The summed E-state index contributed by atoms with van der Waals surface area (Å²) in [6.07, 6.45) is 2.33. The zero-order chi connectivity index (χ0) is 16.9. The van der Waals surface area contributed by atoms with Crippen molar-refractivity contribution in [2.24, 2.45) is 0 Å². The van der Waals surface area contributed by atoms with Crippen LogP contribution in [0.1, 0.15) is 23.2 Å². The van der Waals surface area contributed by atoms with Crippen LogP contribution in [0.5, 0.6) is 5.75 Å². The Morgan fingerprint density at radius 2 is 2.08 bits per heavy atom. The molecule has 2 aromatic heterocycles. The third kappa shape index (κ3) is 3.29. The molecule has 0 spiro atoms. The first-order valence-corrected chi connectivity index (χ1v) is 7.56. The minimum atomic E-state index is -0.143. The number of carbonyl (C=O) groups excluding carboxylic acids is 1. The number of methoxy groups -OCH3 is 1. The standard InChI is InChI=1S/C17H18N4O3/c1-12(22)16-17(18-10-9-15-4-3-11-24-15)21(20-19-16)13-5-7-14(23-2)8-6-13/h3-8,11,18H,9-10H2,1-2H3. The van der Waals surface area contributed by atoms with Gasteiger partial charge in [-0.15, -0.1) is 5.10 Å². The van der Waals surface area contributed by atoms with Crippen LogP contribution in [0.25, 0.3) is 5.69 Å². The van der Waals surface area contributed by atoms with E-state index in [1.165, 1.54) is 6.92 Å². The van der Waals surface area contributed by atoms with Crippen LogP contribution >= 0.6 is 0 Å². The normalized spacial score (nSPS) is 10.6. The Bertz CT molecular complexity index is 807. The number of nitrogens with zero attached hydrogens (tertiary/aromatic N) is 3. The summed E-state index contributed by atoms with van der Waals surface area (Å²) in [5.74, 6) is 2.04. The second-order valence-electron chi connectivity index (χ2n) is 5.21. The second-order valence-corrected chi connectivity index (χ2v) is 5.21. The van der Waals surface area contributed by atoms with Gasteiger partial charge in [-0.25, -0.2) is 0 Å². The summed E-state index contributed by atoms with van der Waals surface area (Å²) in [5, 5.41) is 11.3. The molecule has 0 fully saturated rings. The van der Waals surface area contributed by atoms with Crippen molar-refractivity contribution in [1.82, 2.24) is 15.0 Å². The number of rotatable bonds is 7. The first-order chi connectivity index (χ1) is 11.7. The molecular formula is C17H18N4O3. The fourth-order valence-corrected chi connectivity index (χ4v) is 2.34. The van der Waals surface area contributed by atoms with E-state index in [1.807, 2.05) is 36.4 Å². The molecule has 0 aliphatic heterocycles. The molecule has 7 heteroatoms. The van der Waals surface area contributed by atoms with Crippen molar-refractivity contribution < 1.29 is 13.9 Å². The van der Waals surface area contributed by atoms with Crippen molar-refractivity contribution in [2.45, 2.75) is 13.3 Å². The number of ketones is 1. The molecule has 24 heavy (non-hydrogen) atoms. The highest BCUT2D eigenvalue weighted by atomic mass is 16.5. The summed E-state index contributed by atoms with van der Waals surface area (Å²) in [4.78, 5) is 11.8. The molecule has 0 aliphatic carbocycles. The van der Waals surface area contributed by atoms with E-state index in [4.69, 9.17) is 9.15 Å². The maximum absolute atomic E-state index is 11.8. The highest BCUT2D eigenvalue weighted by Crippen LogP contribution is 2.21. The number of hydrogen-bond acceptors (Lipinski definition) is 6. The van der Waals surface area contributed by atoms with Gasteiger partial charge in [0.2, 0.25) is 0 Å². The lowest BCUT2D eigenvalue weighted by molar-refractivity contribution is 0.101. The number of nitrogens with one attached hydrogen (secondary N) is 1. The van der Waals surface area contributed by atoms with Gasteiger partial charge in [-0.2, -0.15) is 4.68 Å². The molecule has 1 aromatic carbocycles. The van der Waals surface area contributed by atoms with Gasteiger partial charge in [0.25, 0.3) is 0 Å². The van der Waals surface area contributed by atoms with E-state index in [2.05, 4.69) is 15.6 Å². The van der Waals surface area contributed by atoms with E-state index < -0.39 is 0 Å². The third-order valence-electron chi connectivity index (χ3n) is 3.56. The fourth-order valence-electron chi connectivity index (χ4n) is 2.34. The Kier molecular flexibility index (Phi) is 4.60. The lowest BCUT2D eigenvalue weighted by atomic mass is 10.2. The van der Waals surface area contributed by atoms with E-state index in [0.29, 0.717) is 24.5 Å². The molecule has 0 aliphatic rings. The second kappa shape index (κ2) is 6.99. The molecule has 0 atom stereocenters. The van der Waals surface area contributed by atoms with Gasteiger partial charge in [0, 0.05) is 19.9 Å². The van der Waals surface area contributed by atoms with Crippen LogP contribution in [0.3, 0.4) is 0 Å². The molecule has 0 saturated carbocycles. The average Bonchev–Trinajstić information content (AvgIpc) is 3.25. The van der Waals surface area contributed by atoms with Crippen LogP contribution in [0.2, 0.25) is 0 Å². The van der Waals surface area contributed by atoms with Crippen LogP contribution in [0.4, 0.5) is 5.82 Å². The summed E-state index contributed by atoms with van der Waals surface area (Å²) in [6, 6.07) is 11.1. The molecule has 0 unspecified atom stereocenters. The number of anilines is 1. The average molecular weight is 326 g/mol.